The first-order chi connectivity index (χ1) is 8.15. The second-order valence-corrected chi connectivity index (χ2v) is 3.74. The highest BCUT2D eigenvalue weighted by atomic mass is 19.1. The Bertz CT molecular complexity index is 524. The van der Waals surface area contributed by atoms with Crippen LogP contribution in [0.5, 0.6) is 5.75 Å². The van der Waals surface area contributed by atoms with Gasteiger partial charge in [0.1, 0.15) is 5.82 Å². The highest BCUT2D eigenvalue weighted by Crippen LogP contribution is 2.26. The number of rotatable bonds is 3. The molecule has 1 aromatic heterocycles. The van der Waals surface area contributed by atoms with Crippen LogP contribution in [0.15, 0.2) is 30.6 Å². The van der Waals surface area contributed by atoms with Crippen molar-refractivity contribution in [3.63, 3.8) is 0 Å². The van der Waals surface area contributed by atoms with E-state index in [1.165, 1.54) is 7.11 Å². The van der Waals surface area contributed by atoms with E-state index in [-0.39, 0.29) is 5.75 Å². The molecule has 1 aromatic carbocycles. The molecule has 90 valence electrons. The standard InChI is InChI=1S/C12H14FN3O/c1-16-7-6-15-12(16)11(14)8-4-3-5-9(17-2)10(8)13/h3-7,11H,14H2,1-2H3. The molecule has 0 aliphatic heterocycles. The molecule has 0 saturated carbocycles. The molecule has 17 heavy (non-hydrogen) atoms. The fraction of sp³-hybridized carbons (Fsp3) is 0.250. The molecule has 2 aromatic rings. The van der Waals surface area contributed by atoms with Gasteiger partial charge >= 0.3 is 0 Å². The van der Waals surface area contributed by atoms with Gasteiger partial charge in [0, 0.05) is 25.0 Å². The van der Waals surface area contributed by atoms with Gasteiger partial charge in [-0.1, -0.05) is 12.1 Å². The molecule has 0 fully saturated rings. The second-order valence-electron chi connectivity index (χ2n) is 3.74. The number of nitrogens with two attached hydrogens (primary N) is 1. The highest BCUT2D eigenvalue weighted by Gasteiger charge is 2.19. The van der Waals surface area contributed by atoms with Gasteiger partial charge in [-0.05, 0) is 6.07 Å². The molecule has 0 saturated heterocycles. The van der Waals surface area contributed by atoms with Gasteiger partial charge in [-0.25, -0.2) is 9.37 Å². The lowest BCUT2D eigenvalue weighted by Crippen LogP contribution is -2.18. The number of aromatic nitrogens is 2. The number of benzene rings is 1. The Balaban J connectivity index is 2.44. The van der Waals surface area contributed by atoms with E-state index in [0.717, 1.165) is 0 Å². The average molecular weight is 235 g/mol. The Kier molecular flexibility index (Phi) is 3.10. The van der Waals surface area contributed by atoms with Gasteiger partial charge in [0.25, 0.3) is 0 Å². The van der Waals surface area contributed by atoms with Crippen LogP contribution in [0.25, 0.3) is 0 Å². The molecule has 0 bridgehead atoms. The number of aryl methyl sites for hydroxylation is 1. The zero-order valence-electron chi connectivity index (χ0n) is 9.72. The molecule has 5 heteroatoms. The van der Waals surface area contributed by atoms with E-state index in [0.29, 0.717) is 11.4 Å². The van der Waals surface area contributed by atoms with Crippen molar-refractivity contribution in [3.05, 3.63) is 47.8 Å². The van der Waals surface area contributed by atoms with E-state index < -0.39 is 11.9 Å². The van der Waals surface area contributed by atoms with Gasteiger partial charge in [0.15, 0.2) is 11.6 Å². The lowest BCUT2D eigenvalue weighted by Gasteiger charge is -2.14. The summed E-state index contributed by atoms with van der Waals surface area (Å²) >= 11 is 0. The van der Waals surface area contributed by atoms with Crippen molar-refractivity contribution in [1.29, 1.82) is 0 Å². The van der Waals surface area contributed by atoms with Crippen LogP contribution in [0.2, 0.25) is 0 Å². The van der Waals surface area contributed by atoms with Crippen molar-refractivity contribution < 1.29 is 9.13 Å². The second kappa shape index (κ2) is 4.55. The summed E-state index contributed by atoms with van der Waals surface area (Å²) in [6, 6.07) is 4.30. The molecule has 0 radical (unpaired) electrons. The summed E-state index contributed by atoms with van der Waals surface area (Å²) in [4.78, 5) is 4.12. The van der Waals surface area contributed by atoms with E-state index in [1.807, 2.05) is 7.05 Å². The van der Waals surface area contributed by atoms with Crippen molar-refractivity contribution in [2.75, 3.05) is 7.11 Å². The van der Waals surface area contributed by atoms with Gasteiger partial charge in [-0.15, -0.1) is 0 Å². The third-order valence-electron chi connectivity index (χ3n) is 2.68. The number of hydrogen-bond donors (Lipinski definition) is 1. The van der Waals surface area contributed by atoms with Gasteiger partial charge in [0.05, 0.1) is 13.2 Å². The number of methoxy groups -OCH3 is 1. The van der Waals surface area contributed by atoms with Crippen LogP contribution in [0, 0.1) is 5.82 Å². The zero-order valence-corrected chi connectivity index (χ0v) is 9.72. The lowest BCUT2D eigenvalue weighted by molar-refractivity contribution is 0.383. The quantitative estimate of drug-likeness (QED) is 0.879. The Hall–Kier alpha value is -1.88. The SMILES string of the molecule is COc1cccc(C(N)c2nccn2C)c1F. The minimum Gasteiger partial charge on any atom is -0.494 e. The van der Waals surface area contributed by atoms with Gasteiger partial charge in [-0.2, -0.15) is 0 Å². The maximum Gasteiger partial charge on any atom is 0.170 e. The average Bonchev–Trinajstić information content (AvgIpc) is 2.75. The molecule has 2 N–H and O–H groups in total. The minimum absolute atomic E-state index is 0.187. The van der Waals surface area contributed by atoms with Crippen LogP contribution in [-0.2, 0) is 7.05 Å². The fourth-order valence-electron chi connectivity index (χ4n) is 1.74. The summed E-state index contributed by atoms with van der Waals surface area (Å²) in [5.74, 6) is 0.356. The van der Waals surface area contributed by atoms with Crippen LogP contribution in [0.4, 0.5) is 4.39 Å². The van der Waals surface area contributed by atoms with Crippen molar-refractivity contribution in [3.8, 4) is 5.75 Å². The normalized spacial score (nSPS) is 12.5. The monoisotopic (exact) mass is 235 g/mol. The first kappa shape index (κ1) is 11.6. The summed E-state index contributed by atoms with van der Waals surface area (Å²) in [5.41, 5.74) is 6.38. The van der Waals surface area contributed by atoms with Gasteiger partial charge < -0.3 is 15.0 Å². The number of imidazole rings is 1. The van der Waals surface area contributed by atoms with Gasteiger partial charge in [-0.3, -0.25) is 0 Å². The number of nitrogens with zero attached hydrogens (tertiary/aromatic N) is 2. The Labute approximate surface area is 98.8 Å². The third kappa shape index (κ3) is 2.01. The molecule has 2 rings (SSSR count). The van der Waals surface area contributed by atoms with Crippen LogP contribution in [0.1, 0.15) is 17.4 Å². The van der Waals surface area contributed by atoms with Crippen molar-refractivity contribution in [2.24, 2.45) is 12.8 Å². The zero-order chi connectivity index (χ0) is 12.4. The maximum atomic E-state index is 14.0. The molecule has 4 nitrogen and oxygen atoms in total. The maximum absolute atomic E-state index is 14.0. The Morgan fingerprint density at radius 2 is 2.24 bits per heavy atom. The Morgan fingerprint density at radius 3 is 2.82 bits per heavy atom. The predicted molar refractivity (Wildman–Crippen MR) is 62.2 cm³/mol. The van der Waals surface area contributed by atoms with E-state index in [9.17, 15) is 4.39 Å². The summed E-state index contributed by atoms with van der Waals surface area (Å²) in [6.45, 7) is 0. The molecule has 0 amide bonds. The molecular weight excluding hydrogens is 221 g/mol. The Morgan fingerprint density at radius 1 is 1.47 bits per heavy atom. The number of halogens is 1. The summed E-state index contributed by atoms with van der Waals surface area (Å²) in [5, 5.41) is 0. The molecule has 1 atom stereocenters. The van der Waals surface area contributed by atoms with Crippen LogP contribution >= 0.6 is 0 Å². The predicted octanol–water partition coefficient (Wildman–Crippen LogP) is 1.62. The minimum atomic E-state index is -0.606. The van der Waals surface area contributed by atoms with E-state index in [4.69, 9.17) is 10.5 Å². The first-order valence-corrected chi connectivity index (χ1v) is 5.20. The summed E-state index contributed by atoms with van der Waals surface area (Å²) < 4.78 is 20.7. The van der Waals surface area contributed by atoms with E-state index in [2.05, 4.69) is 4.98 Å². The first-order valence-electron chi connectivity index (χ1n) is 5.20. The molecule has 0 aliphatic rings. The van der Waals surface area contributed by atoms with E-state index >= 15 is 0 Å². The summed E-state index contributed by atoms with van der Waals surface area (Å²) in [6.07, 6.45) is 3.40. The number of ether oxygens (including phenoxy) is 1. The van der Waals surface area contributed by atoms with Crippen LogP contribution in [0.3, 0.4) is 0 Å². The molecule has 0 spiro atoms. The fourth-order valence-corrected chi connectivity index (χ4v) is 1.74. The third-order valence-corrected chi connectivity index (χ3v) is 2.68. The smallest absolute Gasteiger partial charge is 0.170 e. The largest absolute Gasteiger partial charge is 0.494 e. The van der Waals surface area contributed by atoms with Crippen molar-refractivity contribution in [2.45, 2.75) is 6.04 Å². The van der Waals surface area contributed by atoms with Crippen molar-refractivity contribution in [1.82, 2.24) is 9.55 Å². The van der Waals surface area contributed by atoms with Gasteiger partial charge in [0.2, 0.25) is 0 Å². The van der Waals surface area contributed by atoms with Crippen molar-refractivity contribution >= 4 is 0 Å². The topological polar surface area (TPSA) is 53.1 Å². The van der Waals surface area contributed by atoms with E-state index in [1.54, 1.807) is 35.2 Å². The van der Waals surface area contributed by atoms with Crippen LogP contribution in [-0.4, -0.2) is 16.7 Å². The van der Waals surface area contributed by atoms with Crippen LogP contribution < -0.4 is 10.5 Å². The lowest BCUT2D eigenvalue weighted by atomic mass is 10.1. The molecule has 1 unspecified atom stereocenters. The molecular formula is C12H14FN3O. The number of hydrogen-bond acceptors (Lipinski definition) is 3. The highest BCUT2D eigenvalue weighted by molar-refractivity contribution is 5.35. The molecule has 1 heterocycles. The molecule has 0 aliphatic carbocycles. The summed E-state index contributed by atoms with van der Waals surface area (Å²) in [7, 11) is 3.24.